The zero-order chi connectivity index (χ0) is 25.1. The second kappa shape index (κ2) is 8.27. The molecule has 2 atom stereocenters. The van der Waals surface area contributed by atoms with Crippen LogP contribution >= 0.6 is 11.3 Å². The van der Waals surface area contributed by atoms with E-state index in [0.29, 0.717) is 27.8 Å². The number of hydrogen-bond acceptors (Lipinski definition) is 6. The van der Waals surface area contributed by atoms with Gasteiger partial charge in [-0.3, -0.25) is 14.5 Å². The third-order valence-electron chi connectivity index (χ3n) is 6.55. The van der Waals surface area contributed by atoms with E-state index in [1.807, 2.05) is 38.1 Å². The first-order valence-corrected chi connectivity index (χ1v) is 12.4. The predicted octanol–water partition coefficient (Wildman–Crippen LogP) is 5.69. The number of aryl methyl sites for hydroxylation is 1. The Hall–Kier alpha value is -4.04. The Bertz CT molecular complexity index is 1590. The third kappa shape index (κ3) is 3.56. The van der Waals surface area contributed by atoms with Crippen molar-refractivity contribution in [3.8, 4) is 5.75 Å². The summed E-state index contributed by atoms with van der Waals surface area (Å²) in [6.45, 7) is 3.91. The average molecular weight is 501 g/mol. The largest absolute Gasteiger partial charge is 0.507 e. The maximum atomic E-state index is 13.8. The van der Waals surface area contributed by atoms with Crippen LogP contribution in [0.2, 0.25) is 0 Å². The number of aliphatic hydroxyl groups excluding tert-OH is 1. The molecular formula is C28H21FN2O4S. The Balaban J connectivity index is 1.53. The number of benzene rings is 3. The minimum absolute atomic E-state index is 0.0128. The molecule has 2 aliphatic rings. The fourth-order valence-electron chi connectivity index (χ4n) is 4.81. The maximum absolute atomic E-state index is 13.8. The van der Waals surface area contributed by atoms with Crippen molar-refractivity contribution < 1.29 is 23.8 Å². The number of nitrogens with zero attached hydrogens (tertiary/aromatic N) is 2. The van der Waals surface area contributed by atoms with Crippen molar-refractivity contribution in [2.24, 2.45) is 0 Å². The van der Waals surface area contributed by atoms with Crippen LogP contribution in [0.4, 0.5) is 9.52 Å². The molecule has 6 rings (SSSR count). The van der Waals surface area contributed by atoms with Gasteiger partial charge in [0.2, 0.25) is 0 Å². The van der Waals surface area contributed by atoms with Crippen LogP contribution in [0.15, 0.2) is 66.2 Å². The number of aliphatic hydroxyl groups is 1. The lowest BCUT2D eigenvalue weighted by Crippen LogP contribution is -2.29. The topological polar surface area (TPSA) is 79.7 Å². The molecule has 1 saturated heterocycles. The Morgan fingerprint density at radius 2 is 1.89 bits per heavy atom. The molecule has 0 saturated carbocycles. The number of carbonyl (C=O) groups excluding carboxylic acids is 2. The number of rotatable bonds is 3. The smallest absolute Gasteiger partial charge is 0.301 e. The lowest BCUT2D eigenvalue weighted by Gasteiger charge is -2.23. The van der Waals surface area contributed by atoms with E-state index in [2.05, 4.69) is 4.98 Å². The summed E-state index contributed by atoms with van der Waals surface area (Å²) in [4.78, 5) is 32.6. The number of aromatic nitrogens is 1. The summed E-state index contributed by atoms with van der Waals surface area (Å²) in [5, 5.41) is 11.7. The molecule has 0 radical (unpaired) electrons. The number of anilines is 1. The molecule has 1 N–H and O–H groups in total. The highest BCUT2D eigenvalue weighted by molar-refractivity contribution is 7.22. The number of thiazole rings is 1. The number of ether oxygens (including phenoxy) is 1. The quantitative estimate of drug-likeness (QED) is 0.222. The zero-order valence-corrected chi connectivity index (χ0v) is 20.3. The van der Waals surface area contributed by atoms with Crippen molar-refractivity contribution in [1.82, 2.24) is 4.98 Å². The highest BCUT2D eigenvalue weighted by Crippen LogP contribution is 2.45. The predicted molar refractivity (Wildman–Crippen MR) is 136 cm³/mol. The molecular weight excluding hydrogens is 479 g/mol. The molecule has 3 aromatic carbocycles. The van der Waals surface area contributed by atoms with Gasteiger partial charge >= 0.3 is 5.91 Å². The van der Waals surface area contributed by atoms with Gasteiger partial charge in [-0.1, -0.05) is 41.2 Å². The number of ketones is 1. The molecule has 36 heavy (non-hydrogen) atoms. The molecule has 180 valence electrons. The second-order valence-electron chi connectivity index (χ2n) is 9.14. The van der Waals surface area contributed by atoms with Gasteiger partial charge in [0.05, 0.1) is 21.8 Å². The number of carbonyl (C=O) groups is 2. The molecule has 3 heterocycles. The SMILES string of the molecule is Cc1ccc([C@@H]2C(=C(O)c3ccc4c(c3)C[C@H](C)O4)C(=O)C(=O)N2c2nc3ccc(F)cc3s2)cc1. The van der Waals surface area contributed by atoms with Gasteiger partial charge < -0.3 is 9.84 Å². The van der Waals surface area contributed by atoms with E-state index < -0.39 is 23.5 Å². The summed E-state index contributed by atoms with van der Waals surface area (Å²) >= 11 is 1.12. The minimum atomic E-state index is -0.889. The Kier molecular flexibility index (Phi) is 5.15. The van der Waals surface area contributed by atoms with Crippen LogP contribution < -0.4 is 9.64 Å². The Morgan fingerprint density at radius 3 is 2.67 bits per heavy atom. The number of amides is 1. The highest BCUT2D eigenvalue weighted by atomic mass is 32.1. The summed E-state index contributed by atoms with van der Waals surface area (Å²) in [7, 11) is 0. The first-order chi connectivity index (χ1) is 17.3. The van der Waals surface area contributed by atoms with Gasteiger partial charge in [0.1, 0.15) is 23.4 Å². The van der Waals surface area contributed by atoms with E-state index in [9.17, 15) is 19.1 Å². The van der Waals surface area contributed by atoms with Crippen molar-refractivity contribution in [3.63, 3.8) is 0 Å². The molecule has 4 aromatic rings. The summed E-state index contributed by atoms with van der Waals surface area (Å²) in [6, 6.07) is 16.0. The van der Waals surface area contributed by atoms with Gasteiger partial charge in [-0.05, 0) is 61.4 Å². The summed E-state index contributed by atoms with van der Waals surface area (Å²) in [6.07, 6.45) is 0.716. The third-order valence-corrected chi connectivity index (χ3v) is 7.57. The average Bonchev–Trinajstić information content (AvgIpc) is 3.51. The van der Waals surface area contributed by atoms with E-state index >= 15 is 0 Å². The van der Waals surface area contributed by atoms with Crippen LogP contribution in [0.5, 0.6) is 5.75 Å². The number of fused-ring (bicyclic) bond motifs is 2. The van der Waals surface area contributed by atoms with Crippen LogP contribution in [-0.4, -0.2) is 27.9 Å². The zero-order valence-electron chi connectivity index (χ0n) is 19.5. The fourth-order valence-corrected chi connectivity index (χ4v) is 5.83. The molecule has 8 heteroatoms. The van der Waals surface area contributed by atoms with Crippen LogP contribution in [0, 0.1) is 12.7 Å². The Labute approximate surface area is 210 Å². The molecule has 0 unspecified atom stereocenters. The summed E-state index contributed by atoms with van der Waals surface area (Å²) in [5.74, 6) is -1.51. The molecule has 1 fully saturated rings. The molecule has 0 aliphatic carbocycles. The van der Waals surface area contributed by atoms with Crippen molar-refractivity contribution in [2.75, 3.05) is 4.90 Å². The monoisotopic (exact) mass is 500 g/mol. The van der Waals surface area contributed by atoms with Crippen LogP contribution in [0.25, 0.3) is 16.0 Å². The first-order valence-electron chi connectivity index (χ1n) is 11.5. The molecule has 0 bridgehead atoms. The van der Waals surface area contributed by atoms with Gasteiger partial charge in [-0.15, -0.1) is 0 Å². The molecule has 1 amide bonds. The molecule has 0 spiro atoms. The van der Waals surface area contributed by atoms with Gasteiger partial charge in [0, 0.05) is 12.0 Å². The van der Waals surface area contributed by atoms with Gasteiger partial charge in [0.25, 0.3) is 5.78 Å². The number of hydrogen-bond donors (Lipinski definition) is 1. The maximum Gasteiger partial charge on any atom is 0.301 e. The molecule has 6 nitrogen and oxygen atoms in total. The van der Waals surface area contributed by atoms with Gasteiger partial charge in [-0.25, -0.2) is 9.37 Å². The lowest BCUT2D eigenvalue weighted by molar-refractivity contribution is -0.132. The fraction of sp³-hybridized carbons (Fsp3) is 0.179. The summed E-state index contributed by atoms with van der Waals surface area (Å²) in [5.41, 5.74) is 3.55. The van der Waals surface area contributed by atoms with E-state index in [-0.39, 0.29) is 22.6 Å². The van der Waals surface area contributed by atoms with E-state index in [4.69, 9.17) is 4.74 Å². The first kappa shape index (κ1) is 22.4. The van der Waals surface area contributed by atoms with Crippen LogP contribution in [-0.2, 0) is 16.0 Å². The van der Waals surface area contributed by atoms with E-state index in [1.54, 1.807) is 18.2 Å². The highest BCUT2D eigenvalue weighted by Gasteiger charge is 2.48. The van der Waals surface area contributed by atoms with Crippen molar-refractivity contribution in [1.29, 1.82) is 0 Å². The second-order valence-corrected chi connectivity index (χ2v) is 10.2. The van der Waals surface area contributed by atoms with Crippen molar-refractivity contribution >= 4 is 44.1 Å². The van der Waals surface area contributed by atoms with Gasteiger partial charge in [0.15, 0.2) is 5.13 Å². The van der Waals surface area contributed by atoms with Crippen LogP contribution in [0.1, 0.15) is 35.2 Å². The van der Waals surface area contributed by atoms with Crippen molar-refractivity contribution in [3.05, 3.63) is 94.3 Å². The number of Topliss-reactive ketones (excluding diaryl/α,β-unsaturated/α-hetero) is 1. The number of halogens is 1. The summed E-state index contributed by atoms with van der Waals surface area (Å²) < 4.78 is 20.1. The molecule has 1 aromatic heterocycles. The molecule has 2 aliphatic heterocycles. The van der Waals surface area contributed by atoms with E-state index in [0.717, 1.165) is 28.2 Å². The van der Waals surface area contributed by atoms with Crippen molar-refractivity contribution in [2.45, 2.75) is 32.4 Å². The van der Waals surface area contributed by atoms with Gasteiger partial charge in [-0.2, -0.15) is 0 Å². The Morgan fingerprint density at radius 1 is 1.11 bits per heavy atom. The minimum Gasteiger partial charge on any atom is -0.507 e. The van der Waals surface area contributed by atoms with Crippen LogP contribution in [0.3, 0.4) is 0 Å². The lowest BCUT2D eigenvalue weighted by atomic mass is 9.94. The normalized spacial score (nSPS) is 20.7. The van der Waals surface area contributed by atoms with E-state index in [1.165, 1.54) is 23.1 Å². The standard InChI is InChI=1S/C28H21FN2O4S/c1-14-3-5-16(6-4-14)24-23(25(32)17-7-10-21-18(12-17)11-15(2)35-21)26(33)27(34)31(24)28-30-20-9-8-19(29)13-22(20)36-28/h3-10,12-13,15,24,32H,11H2,1-2H3/t15-,24+/m0/s1.